The van der Waals surface area contributed by atoms with Crippen molar-refractivity contribution in [3.05, 3.63) is 0 Å². The van der Waals surface area contributed by atoms with E-state index in [0.717, 1.165) is 12.1 Å². The van der Waals surface area contributed by atoms with E-state index in [9.17, 15) is 0 Å². The fourth-order valence-electron chi connectivity index (χ4n) is 3.48. The summed E-state index contributed by atoms with van der Waals surface area (Å²) in [6, 6.07) is 2.30. The highest BCUT2D eigenvalue weighted by Crippen LogP contribution is 2.36. The van der Waals surface area contributed by atoms with Gasteiger partial charge in [0.2, 0.25) is 0 Å². The Kier molecular flexibility index (Phi) is 17.4. The molecule has 0 aliphatic carbocycles. The molecule has 172 valence electrons. The smallest absolute Gasteiger partial charge is 0.343 e. The molecular weight excluding hydrogens is 384 g/mol. The van der Waals surface area contributed by atoms with Crippen LogP contribution in [0.2, 0.25) is 23.2 Å². The minimum Gasteiger partial charge on any atom is -0.398 e. The first kappa shape index (κ1) is 30.5. The van der Waals surface area contributed by atoms with E-state index >= 15 is 0 Å². The lowest BCUT2D eigenvalue weighted by atomic mass is 10.4. The van der Waals surface area contributed by atoms with Crippen LogP contribution in [0.25, 0.3) is 0 Å². The normalized spacial score (nSPS) is 12.9. The van der Waals surface area contributed by atoms with Crippen molar-refractivity contribution in [1.29, 1.82) is 0 Å². The van der Waals surface area contributed by atoms with Crippen LogP contribution in [0.4, 0.5) is 0 Å². The van der Waals surface area contributed by atoms with E-state index in [2.05, 4.69) is 69.2 Å². The quantitative estimate of drug-likeness (QED) is 0.265. The Morgan fingerprint density at radius 1 is 0.607 bits per heavy atom. The van der Waals surface area contributed by atoms with Crippen LogP contribution >= 0.6 is 0 Å². The molecule has 28 heavy (non-hydrogen) atoms. The minimum atomic E-state index is -2.08. The maximum Gasteiger partial charge on any atom is 0.343 e. The van der Waals surface area contributed by atoms with E-state index in [4.69, 9.17) is 17.7 Å². The zero-order valence-corrected chi connectivity index (χ0v) is 23.2. The summed E-state index contributed by atoms with van der Waals surface area (Å²) in [5.41, 5.74) is 0.976. The third-order valence-electron chi connectivity index (χ3n) is 5.02. The molecule has 0 aromatic rings. The van der Waals surface area contributed by atoms with Crippen LogP contribution in [0.1, 0.15) is 94.9 Å². The molecule has 4 nitrogen and oxygen atoms in total. The molecule has 0 amide bonds. The van der Waals surface area contributed by atoms with Crippen molar-refractivity contribution in [2.24, 2.45) is 0 Å². The molecule has 0 fully saturated rings. The first-order valence-corrected chi connectivity index (χ1v) is 15.6. The average Bonchev–Trinajstić information content (AvgIpc) is 2.61. The molecule has 0 aromatic carbocycles. The highest BCUT2D eigenvalue weighted by Gasteiger charge is 2.46. The SMILES string of the molecule is CC(C)O[Si](OC(C)C)(C(C)C)C(C)C.CCCC[Si](CCCC)(OC)OC. The first-order valence-electron chi connectivity index (χ1n) is 11.4. The van der Waals surface area contributed by atoms with Gasteiger partial charge in [-0.3, -0.25) is 0 Å². The first-order chi connectivity index (χ1) is 13.0. The lowest BCUT2D eigenvalue weighted by Crippen LogP contribution is -2.51. The Morgan fingerprint density at radius 3 is 1.11 bits per heavy atom. The van der Waals surface area contributed by atoms with Gasteiger partial charge >= 0.3 is 17.1 Å². The molecule has 0 bridgehead atoms. The van der Waals surface area contributed by atoms with Crippen molar-refractivity contribution in [2.75, 3.05) is 14.2 Å². The Balaban J connectivity index is 0. The van der Waals surface area contributed by atoms with Crippen molar-refractivity contribution in [3.8, 4) is 0 Å². The summed E-state index contributed by atoms with van der Waals surface area (Å²) < 4.78 is 23.6. The molecule has 0 N–H and O–H groups in total. The molecule has 0 rings (SSSR count). The summed E-state index contributed by atoms with van der Waals surface area (Å²) >= 11 is 0. The van der Waals surface area contributed by atoms with Crippen molar-refractivity contribution in [3.63, 3.8) is 0 Å². The number of hydrogen-bond acceptors (Lipinski definition) is 4. The second-order valence-corrected chi connectivity index (χ2v) is 16.8. The predicted octanol–water partition coefficient (Wildman–Crippen LogP) is 7.42. The molecule has 0 saturated heterocycles. The van der Waals surface area contributed by atoms with Crippen LogP contribution in [0.15, 0.2) is 0 Å². The minimum absolute atomic E-state index is 0.250. The van der Waals surface area contributed by atoms with Crippen molar-refractivity contribution in [1.82, 2.24) is 0 Å². The Hall–Kier alpha value is 0.274. The summed E-state index contributed by atoms with van der Waals surface area (Å²) in [4.78, 5) is 0. The fraction of sp³-hybridized carbons (Fsp3) is 1.00. The van der Waals surface area contributed by atoms with E-state index in [0.29, 0.717) is 11.1 Å². The lowest BCUT2D eigenvalue weighted by Gasteiger charge is -2.40. The third kappa shape index (κ3) is 11.5. The molecule has 0 spiro atoms. The van der Waals surface area contributed by atoms with Gasteiger partial charge in [-0.25, -0.2) is 0 Å². The van der Waals surface area contributed by atoms with Crippen molar-refractivity contribution >= 4 is 17.1 Å². The molecule has 0 aliphatic rings. The molecule has 0 radical (unpaired) electrons. The second-order valence-electron chi connectivity index (χ2n) is 8.89. The van der Waals surface area contributed by atoms with Gasteiger partial charge in [-0.15, -0.1) is 0 Å². The van der Waals surface area contributed by atoms with Crippen molar-refractivity contribution in [2.45, 2.75) is 130 Å². The monoisotopic (exact) mass is 436 g/mol. The Morgan fingerprint density at radius 2 is 0.929 bits per heavy atom. The van der Waals surface area contributed by atoms with E-state index in [1.807, 2.05) is 0 Å². The van der Waals surface area contributed by atoms with Gasteiger partial charge in [-0.1, -0.05) is 67.2 Å². The van der Waals surface area contributed by atoms with Gasteiger partial charge in [-0.2, -0.15) is 0 Å². The highest BCUT2D eigenvalue weighted by molar-refractivity contribution is 6.70. The summed E-state index contributed by atoms with van der Waals surface area (Å²) in [6.45, 7) is 21.7. The van der Waals surface area contributed by atoms with Gasteiger partial charge in [0.1, 0.15) is 0 Å². The van der Waals surface area contributed by atoms with Gasteiger partial charge < -0.3 is 17.7 Å². The van der Waals surface area contributed by atoms with Gasteiger partial charge in [0.05, 0.1) is 0 Å². The highest BCUT2D eigenvalue weighted by atomic mass is 28.4. The number of rotatable bonds is 14. The second kappa shape index (κ2) is 16.0. The van der Waals surface area contributed by atoms with Crippen molar-refractivity contribution < 1.29 is 17.7 Å². The van der Waals surface area contributed by atoms with Crippen LogP contribution in [0.3, 0.4) is 0 Å². The molecule has 0 unspecified atom stereocenters. The topological polar surface area (TPSA) is 36.9 Å². The third-order valence-corrected chi connectivity index (χ3v) is 13.6. The van der Waals surface area contributed by atoms with E-state index < -0.39 is 17.1 Å². The molecule has 0 heterocycles. The largest absolute Gasteiger partial charge is 0.398 e. The lowest BCUT2D eigenvalue weighted by molar-refractivity contribution is 0.0929. The molecule has 0 atom stereocenters. The predicted molar refractivity (Wildman–Crippen MR) is 128 cm³/mol. The van der Waals surface area contributed by atoms with Gasteiger partial charge in [-0.05, 0) is 50.9 Å². The molecular formula is C22H52O4Si2. The van der Waals surface area contributed by atoms with E-state index in [1.165, 1.54) is 25.7 Å². The standard InChI is InChI=1S/C12H28O2Si.C10H24O2Si/c1-9(2)13-15(11(5)6,12(7)8)14-10(3)4;1-5-7-9-13(11-3,12-4)10-8-6-2/h9-12H,1-8H3;5-10H2,1-4H3. The molecule has 0 aliphatic heterocycles. The molecule has 0 saturated carbocycles. The molecule has 6 heteroatoms. The Labute approximate surface area is 179 Å². The maximum absolute atomic E-state index is 6.19. The van der Waals surface area contributed by atoms with Gasteiger partial charge in [0.15, 0.2) is 0 Å². The summed E-state index contributed by atoms with van der Waals surface area (Å²) in [6.07, 6.45) is 5.43. The van der Waals surface area contributed by atoms with Crippen LogP contribution in [-0.4, -0.2) is 43.5 Å². The van der Waals surface area contributed by atoms with Gasteiger partial charge in [0, 0.05) is 26.4 Å². The van der Waals surface area contributed by atoms with Gasteiger partial charge in [0.25, 0.3) is 0 Å². The zero-order chi connectivity index (χ0) is 22.4. The summed E-state index contributed by atoms with van der Waals surface area (Å²) in [7, 11) is -0.249. The van der Waals surface area contributed by atoms with Crippen LogP contribution in [0.5, 0.6) is 0 Å². The van der Waals surface area contributed by atoms with Crippen LogP contribution < -0.4 is 0 Å². The Bertz CT molecular complexity index is 326. The van der Waals surface area contributed by atoms with E-state index in [1.54, 1.807) is 14.2 Å². The maximum atomic E-state index is 6.19. The van der Waals surface area contributed by atoms with Crippen LogP contribution in [0, 0.1) is 0 Å². The van der Waals surface area contributed by atoms with E-state index in [-0.39, 0.29) is 12.2 Å². The van der Waals surface area contributed by atoms with Crippen LogP contribution in [-0.2, 0) is 17.7 Å². The summed E-state index contributed by atoms with van der Waals surface area (Å²) in [5, 5.41) is 0. The number of unbranched alkanes of at least 4 members (excludes halogenated alkanes) is 2. The zero-order valence-electron chi connectivity index (χ0n) is 21.2. The summed E-state index contributed by atoms with van der Waals surface area (Å²) in [5.74, 6) is 0. The average molecular weight is 437 g/mol. The fourth-order valence-corrected chi connectivity index (χ4v) is 10.5. The number of hydrogen-bond donors (Lipinski definition) is 0. The molecule has 0 aromatic heterocycles.